The van der Waals surface area contributed by atoms with Crippen LogP contribution in [0, 0.1) is 25.2 Å². The number of aryl methyl sites for hydroxylation is 1. The maximum Gasteiger partial charge on any atom is 0.0994 e. The summed E-state index contributed by atoms with van der Waals surface area (Å²) in [5.41, 5.74) is 13.1. The van der Waals surface area contributed by atoms with E-state index in [1.165, 1.54) is 0 Å². The molecule has 0 radical (unpaired) electrons. The number of aromatic nitrogens is 1. The third-order valence-corrected chi connectivity index (χ3v) is 6.03. The van der Waals surface area contributed by atoms with Gasteiger partial charge in [0.05, 0.1) is 17.7 Å². The third-order valence-electron chi connectivity index (χ3n) is 6.03. The fourth-order valence-corrected chi connectivity index (χ4v) is 4.32. The minimum absolute atomic E-state index is 0.175. The summed E-state index contributed by atoms with van der Waals surface area (Å²) in [7, 11) is 0. The Balaban J connectivity index is 1.96. The van der Waals surface area contributed by atoms with Gasteiger partial charge >= 0.3 is 0 Å². The van der Waals surface area contributed by atoms with Crippen LogP contribution < -0.4 is 5.73 Å². The summed E-state index contributed by atoms with van der Waals surface area (Å²) < 4.78 is 2.35. The zero-order chi connectivity index (χ0) is 19.1. The number of anilines is 1. The van der Waals surface area contributed by atoms with Crippen molar-refractivity contribution in [2.75, 3.05) is 5.73 Å². The minimum atomic E-state index is -0.175. The number of nitriles is 1. The van der Waals surface area contributed by atoms with Gasteiger partial charge in [-0.2, -0.15) is 5.26 Å². The molecule has 138 valence electrons. The van der Waals surface area contributed by atoms with Crippen molar-refractivity contribution in [2.24, 2.45) is 0 Å². The van der Waals surface area contributed by atoms with E-state index < -0.39 is 0 Å². The Bertz CT molecular complexity index is 1050. The lowest BCUT2D eigenvalue weighted by atomic mass is 9.93. The second kappa shape index (κ2) is 6.75. The van der Waals surface area contributed by atoms with Gasteiger partial charge in [-0.3, -0.25) is 0 Å². The van der Waals surface area contributed by atoms with Crippen LogP contribution >= 0.6 is 0 Å². The topological polar surface area (TPSA) is 75.0 Å². The molecular formula is C23H25N3O. The monoisotopic (exact) mass is 359 g/mol. The molecule has 4 rings (SSSR count). The highest BCUT2D eigenvalue weighted by Crippen LogP contribution is 2.39. The first-order valence-electron chi connectivity index (χ1n) is 9.58. The molecule has 1 aliphatic carbocycles. The van der Waals surface area contributed by atoms with E-state index in [0.29, 0.717) is 11.6 Å². The van der Waals surface area contributed by atoms with Gasteiger partial charge in [0.2, 0.25) is 0 Å². The number of hydrogen-bond acceptors (Lipinski definition) is 3. The van der Waals surface area contributed by atoms with Crippen molar-refractivity contribution in [2.45, 2.75) is 51.7 Å². The van der Waals surface area contributed by atoms with Crippen molar-refractivity contribution < 1.29 is 5.11 Å². The molecule has 0 spiro atoms. The highest BCUT2D eigenvalue weighted by atomic mass is 16.3. The van der Waals surface area contributed by atoms with Crippen LogP contribution in [0.3, 0.4) is 0 Å². The maximum absolute atomic E-state index is 9.89. The number of nitrogens with two attached hydrogens (primary N) is 1. The third kappa shape index (κ3) is 2.98. The lowest BCUT2D eigenvalue weighted by Gasteiger charge is -2.27. The largest absolute Gasteiger partial charge is 0.398 e. The van der Waals surface area contributed by atoms with Gasteiger partial charge < -0.3 is 15.4 Å². The first-order valence-corrected chi connectivity index (χ1v) is 9.58. The molecule has 0 bridgehead atoms. The van der Waals surface area contributed by atoms with Gasteiger partial charge in [0.25, 0.3) is 0 Å². The van der Waals surface area contributed by atoms with Crippen LogP contribution in [0.2, 0.25) is 0 Å². The van der Waals surface area contributed by atoms with Crippen molar-refractivity contribution >= 4 is 16.6 Å². The summed E-state index contributed by atoms with van der Waals surface area (Å²) in [4.78, 5) is 0. The number of nitrogen functional groups attached to an aromatic ring is 1. The maximum atomic E-state index is 9.89. The van der Waals surface area contributed by atoms with Crippen LogP contribution in [-0.4, -0.2) is 15.8 Å². The number of benzene rings is 2. The molecule has 3 N–H and O–H groups in total. The van der Waals surface area contributed by atoms with Crippen molar-refractivity contribution in [3.8, 4) is 17.2 Å². The number of fused-ring (bicyclic) bond motifs is 1. The average molecular weight is 359 g/mol. The fraction of sp³-hybridized carbons (Fsp3) is 0.348. The second-order valence-electron chi connectivity index (χ2n) is 7.73. The quantitative estimate of drug-likeness (QED) is 0.642. The fourth-order valence-electron chi connectivity index (χ4n) is 4.32. The Morgan fingerprint density at radius 3 is 2.56 bits per heavy atom. The molecule has 1 heterocycles. The van der Waals surface area contributed by atoms with Crippen LogP contribution in [0.4, 0.5) is 5.69 Å². The predicted molar refractivity (Wildman–Crippen MR) is 109 cm³/mol. The molecule has 1 aromatic heterocycles. The second-order valence-corrected chi connectivity index (χ2v) is 7.73. The summed E-state index contributed by atoms with van der Waals surface area (Å²) in [5, 5.41) is 20.5. The number of rotatable bonds is 2. The Morgan fingerprint density at radius 1 is 1.11 bits per heavy atom. The molecule has 4 heteroatoms. The van der Waals surface area contributed by atoms with Crippen molar-refractivity contribution in [1.29, 1.82) is 5.26 Å². The van der Waals surface area contributed by atoms with Crippen molar-refractivity contribution in [3.05, 3.63) is 53.2 Å². The van der Waals surface area contributed by atoms with Gasteiger partial charge in [-0.05, 0) is 74.4 Å². The number of aliphatic hydroxyl groups excluding tert-OH is 1. The molecule has 4 nitrogen and oxygen atoms in total. The zero-order valence-electron chi connectivity index (χ0n) is 15.9. The number of hydrogen-bond donors (Lipinski definition) is 2. The molecule has 0 saturated heterocycles. The Kier molecular flexibility index (Phi) is 4.41. The summed E-state index contributed by atoms with van der Waals surface area (Å²) in [6.07, 6.45) is 5.66. The molecule has 2 aromatic carbocycles. The average Bonchev–Trinajstić information content (AvgIpc) is 3.02. The van der Waals surface area contributed by atoms with Crippen LogP contribution in [0.5, 0.6) is 0 Å². The first-order chi connectivity index (χ1) is 13.0. The summed E-state index contributed by atoms with van der Waals surface area (Å²) >= 11 is 0. The van der Waals surface area contributed by atoms with Gasteiger partial charge in [-0.15, -0.1) is 0 Å². The molecule has 1 aliphatic rings. The highest BCUT2D eigenvalue weighted by Gasteiger charge is 2.24. The number of aliphatic hydroxyl groups is 1. The van der Waals surface area contributed by atoms with Crippen LogP contribution in [0.1, 0.15) is 48.4 Å². The molecule has 0 atom stereocenters. The Hall–Kier alpha value is -2.77. The van der Waals surface area contributed by atoms with Crippen molar-refractivity contribution in [3.63, 3.8) is 0 Å². The van der Waals surface area contributed by atoms with Crippen LogP contribution in [-0.2, 0) is 0 Å². The van der Waals surface area contributed by atoms with Crippen LogP contribution in [0.25, 0.3) is 22.0 Å². The first kappa shape index (κ1) is 17.6. The smallest absolute Gasteiger partial charge is 0.0994 e. The summed E-state index contributed by atoms with van der Waals surface area (Å²) in [5.74, 6) is 0. The van der Waals surface area contributed by atoms with Gasteiger partial charge in [0, 0.05) is 34.4 Å². The van der Waals surface area contributed by atoms with E-state index in [4.69, 9.17) is 5.73 Å². The van der Waals surface area contributed by atoms with Gasteiger partial charge in [0.15, 0.2) is 0 Å². The highest BCUT2D eigenvalue weighted by molar-refractivity contribution is 5.98. The SMILES string of the molecule is Cc1cc2c(cc1C#N)c(-c1cccc(N)c1C)cn2[C@H]1CC[C@H](O)CC1. The predicted octanol–water partition coefficient (Wildman–Crippen LogP) is 4.86. The molecule has 27 heavy (non-hydrogen) atoms. The van der Waals surface area contributed by atoms with Crippen LogP contribution in [0.15, 0.2) is 36.5 Å². The van der Waals surface area contributed by atoms with E-state index >= 15 is 0 Å². The molecule has 0 unspecified atom stereocenters. The van der Waals surface area contributed by atoms with E-state index in [9.17, 15) is 10.4 Å². The van der Waals surface area contributed by atoms with E-state index in [-0.39, 0.29) is 6.10 Å². The molecule has 0 amide bonds. The molecule has 1 saturated carbocycles. The lowest BCUT2D eigenvalue weighted by molar-refractivity contribution is 0.111. The standard InChI is InChI=1S/C23H25N3O/c1-14-10-23-20(11-16(14)12-24)21(19-4-3-5-22(25)15(19)2)13-26(23)17-6-8-18(27)9-7-17/h3-5,10-11,13,17-18,27H,6-9,25H2,1-2H3/t17-,18-. The van der Waals surface area contributed by atoms with Gasteiger partial charge in [0.1, 0.15) is 0 Å². The molecular weight excluding hydrogens is 334 g/mol. The lowest BCUT2D eigenvalue weighted by Crippen LogP contribution is -2.20. The van der Waals surface area contributed by atoms with Crippen molar-refractivity contribution in [1.82, 2.24) is 4.57 Å². The van der Waals surface area contributed by atoms with E-state index in [1.54, 1.807) is 0 Å². The number of nitrogens with zero attached hydrogens (tertiary/aromatic N) is 2. The van der Waals surface area contributed by atoms with Gasteiger partial charge in [-0.1, -0.05) is 12.1 Å². The van der Waals surface area contributed by atoms with E-state index in [0.717, 1.165) is 64.5 Å². The molecule has 0 aliphatic heterocycles. The van der Waals surface area contributed by atoms with E-state index in [2.05, 4.69) is 29.0 Å². The summed E-state index contributed by atoms with van der Waals surface area (Å²) in [6, 6.07) is 12.8. The zero-order valence-corrected chi connectivity index (χ0v) is 15.9. The van der Waals surface area contributed by atoms with Gasteiger partial charge in [-0.25, -0.2) is 0 Å². The minimum Gasteiger partial charge on any atom is -0.398 e. The molecule has 3 aromatic rings. The normalized spacial score (nSPS) is 19.9. The molecule has 1 fully saturated rings. The summed E-state index contributed by atoms with van der Waals surface area (Å²) in [6.45, 7) is 4.04. The van der Waals surface area contributed by atoms with E-state index in [1.807, 2.05) is 32.0 Å². The Morgan fingerprint density at radius 2 is 1.85 bits per heavy atom. The Labute approximate surface area is 159 Å².